The van der Waals surface area contributed by atoms with Gasteiger partial charge in [-0.25, -0.2) is 17.2 Å². The van der Waals surface area contributed by atoms with Gasteiger partial charge in [0, 0.05) is 13.0 Å². The molecule has 5 nitrogen and oxygen atoms in total. The summed E-state index contributed by atoms with van der Waals surface area (Å²) in [6.45, 7) is 3.90. The Balaban J connectivity index is 2.12. The second-order valence-corrected chi connectivity index (χ2v) is 8.38. The summed E-state index contributed by atoms with van der Waals surface area (Å²) in [4.78, 5) is 12.1. The second kappa shape index (κ2) is 8.47. The Morgan fingerprint density at radius 1 is 1.07 bits per heavy atom. The summed E-state index contributed by atoms with van der Waals surface area (Å²) in [6.07, 6.45) is 0.782. The summed E-state index contributed by atoms with van der Waals surface area (Å²) in [7, 11) is -3.63. The Morgan fingerprint density at radius 3 is 2.11 bits per heavy atom. The second-order valence-electron chi connectivity index (χ2n) is 6.48. The first-order valence-electron chi connectivity index (χ1n) is 8.41. The van der Waals surface area contributed by atoms with E-state index in [0.717, 1.165) is 28.3 Å². The first-order valence-corrected chi connectivity index (χ1v) is 10.3. The number of sulfonamides is 1. The summed E-state index contributed by atoms with van der Waals surface area (Å²) < 4.78 is 52.5. The Hall–Kier alpha value is -2.48. The maximum atomic E-state index is 13.6. The highest BCUT2D eigenvalue weighted by molar-refractivity contribution is 7.92. The van der Waals surface area contributed by atoms with Gasteiger partial charge in [0.05, 0.1) is 11.9 Å². The van der Waals surface area contributed by atoms with Gasteiger partial charge in [0.1, 0.15) is 17.3 Å². The molecule has 0 fully saturated rings. The van der Waals surface area contributed by atoms with Gasteiger partial charge in [-0.3, -0.25) is 9.10 Å². The monoisotopic (exact) mass is 396 g/mol. The molecule has 0 radical (unpaired) electrons. The van der Waals surface area contributed by atoms with Crippen LogP contribution < -0.4 is 9.62 Å². The third-order valence-corrected chi connectivity index (χ3v) is 5.21. The molecular weight excluding hydrogens is 374 g/mol. The molecular formula is C19H22F2N2O3S. The highest BCUT2D eigenvalue weighted by Crippen LogP contribution is 2.23. The van der Waals surface area contributed by atoms with Crippen molar-refractivity contribution in [2.75, 3.05) is 22.4 Å². The largest absolute Gasteiger partial charge is 0.321 e. The van der Waals surface area contributed by atoms with Crippen molar-refractivity contribution in [2.24, 2.45) is 0 Å². The van der Waals surface area contributed by atoms with E-state index < -0.39 is 33.3 Å². The van der Waals surface area contributed by atoms with Crippen LogP contribution in [0.4, 0.5) is 20.2 Å². The first kappa shape index (κ1) is 20.8. The highest BCUT2D eigenvalue weighted by atomic mass is 32.2. The number of benzene rings is 2. The van der Waals surface area contributed by atoms with Crippen molar-refractivity contribution in [2.45, 2.75) is 26.2 Å². The van der Waals surface area contributed by atoms with Gasteiger partial charge < -0.3 is 5.32 Å². The lowest BCUT2D eigenvalue weighted by Crippen LogP contribution is -2.33. The lowest BCUT2D eigenvalue weighted by molar-refractivity contribution is -0.116. The molecule has 27 heavy (non-hydrogen) atoms. The molecule has 0 saturated heterocycles. The average molecular weight is 396 g/mol. The molecule has 2 rings (SSSR count). The van der Waals surface area contributed by atoms with E-state index in [1.165, 1.54) is 6.07 Å². The molecule has 8 heteroatoms. The molecule has 0 unspecified atom stereocenters. The number of amides is 1. The van der Waals surface area contributed by atoms with E-state index in [2.05, 4.69) is 5.32 Å². The topological polar surface area (TPSA) is 66.5 Å². The fourth-order valence-corrected chi connectivity index (χ4v) is 3.46. The molecule has 2 aromatic rings. The third-order valence-electron chi connectivity index (χ3n) is 4.02. The Morgan fingerprint density at radius 2 is 1.63 bits per heavy atom. The molecule has 2 aromatic carbocycles. The van der Waals surface area contributed by atoms with Gasteiger partial charge in [-0.1, -0.05) is 32.0 Å². The van der Waals surface area contributed by atoms with E-state index in [1.54, 1.807) is 12.1 Å². The molecule has 0 aromatic heterocycles. The van der Waals surface area contributed by atoms with Crippen LogP contribution in [0.5, 0.6) is 0 Å². The van der Waals surface area contributed by atoms with Crippen LogP contribution in [0.15, 0.2) is 42.5 Å². The molecule has 0 heterocycles. The van der Waals surface area contributed by atoms with Crippen LogP contribution in [-0.2, 0) is 14.8 Å². The maximum Gasteiger partial charge on any atom is 0.232 e. The zero-order valence-electron chi connectivity index (χ0n) is 15.4. The summed E-state index contributed by atoms with van der Waals surface area (Å²) in [5.41, 5.74) is 0.932. The molecule has 1 N–H and O–H groups in total. The Kier molecular flexibility index (Phi) is 6.54. The van der Waals surface area contributed by atoms with E-state index >= 15 is 0 Å². The van der Waals surface area contributed by atoms with Gasteiger partial charge in [-0.15, -0.1) is 0 Å². The molecule has 0 spiro atoms. The Labute approximate surface area is 158 Å². The number of carbonyl (C=O) groups excluding carboxylic acids is 1. The fraction of sp³-hybridized carbons (Fsp3) is 0.316. The highest BCUT2D eigenvalue weighted by Gasteiger charge is 2.20. The van der Waals surface area contributed by atoms with Crippen molar-refractivity contribution >= 4 is 27.3 Å². The standard InChI is InChI=1S/C19H22F2N2O3S/c1-13(2)14-7-9-15(10-8-14)23(27(3,25)26)12-11-18(24)22-19-16(20)5-4-6-17(19)21/h4-10,13H,11-12H2,1-3H3,(H,22,24). The third kappa shape index (κ3) is 5.50. The minimum atomic E-state index is -3.63. The van der Waals surface area contributed by atoms with Crippen molar-refractivity contribution in [3.05, 3.63) is 59.7 Å². The zero-order chi connectivity index (χ0) is 20.2. The SMILES string of the molecule is CC(C)c1ccc(N(CCC(=O)Nc2c(F)cccc2F)S(C)(=O)=O)cc1. The number of hydrogen-bond acceptors (Lipinski definition) is 3. The zero-order valence-corrected chi connectivity index (χ0v) is 16.2. The predicted octanol–water partition coefficient (Wildman–Crippen LogP) is 3.88. The molecule has 146 valence electrons. The van der Waals surface area contributed by atoms with E-state index in [-0.39, 0.29) is 13.0 Å². The number of carbonyl (C=O) groups is 1. The summed E-state index contributed by atoms with van der Waals surface area (Å²) in [5.74, 6) is -2.18. The van der Waals surface area contributed by atoms with Crippen LogP contribution in [0, 0.1) is 11.6 Å². The quantitative estimate of drug-likeness (QED) is 0.772. The number of nitrogens with one attached hydrogen (secondary N) is 1. The predicted molar refractivity (Wildman–Crippen MR) is 102 cm³/mol. The number of anilines is 2. The minimum Gasteiger partial charge on any atom is -0.321 e. The van der Waals surface area contributed by atoms with Gasteiger partial charge in [0.2, 0.25) is 15.9 Å². The van der Waals surface area contributed by atoms with Gasteiger partial charge >= 0.3 is 0 Å². The number of para-hydroxylation sites is 1. The number of halogens is 2. The van der Waals surface area contributed by atoms with Gasteiger partial charge in [0.25, 0.3) is 0 Å². The fourth-order valence-electron chi connectivity index (χ4n) is 2.53. The van der Waals surface area contributed by atoms with Crippen molar-refractivity contribution in [1.82, 2.24) is 0 Å². The van der Waals surface area contributed by atoms with E-state index in [1.807, 2.05) is 26.0 Å². The van der Waals surface area contributed by atoms with Gasteiger partial charge in [-0.2, -0.15) is 0 Å². The Bertz CT molecular complexity index is 893. The molecule has 0 bridgehead atoms. The van der Waals surface area contributed by atoms with Crippen LogP contribution in [0.25, 0.3) is 0 Å². The number of rotatable bonds is 7. The van der Waals surface area contributed by atoms with E-state index in [0.29, 0.717) is 11.6 Å². The van der Waals surface area contributed by atoms with Crippen molar-refractivity contribution in [3.63, 3.8) is 0 Å². The smallest absolute Gasteiger partial charge is 0.232 e. The summed E-state index contributed by atoms with van der Waals surface area (Å²) in [5, 5.41) is 2.15. The minimum absolute atomic E-state index is 0.151. The summed E-state index contributed by atoms with van der Waals surface area (Å²) >= 11 is 0. The first-order chi connectivity index (χ1) is 12.6. The van der Waals surface area contributed by atoms with Crippen LogP contribution >= 0.6 is 0 Å². The van der Waals surface area contributed by atoms with E-state index in [9.17, 15) is 22.0 Å². The summed E-state index contributed by atoms with van der Waals surface area (Å²) in [6, 6.07) is 10.2. The number of hydrogen-bond donors (Lipinski definition) is 1. The maximum absolute atomic E-state index is 13.6. The van der Waals surface area contributed by atoms with Crippen LogP contribution in [0.1, 0.15) is 31.7 Å². The normalized spacial score (nSPS) is 11.5. The van der Waals surface area contributed by atoms with Gasteiger partial charge in [-0.05, 0) is 35.7 Å². The van der Waals surface area contributed by atoms with Crippen molar-refractivity contribution in [3.8, 4) is 0 Å². The average Bonchev–Trinajstić information content (AvgIpc) is 2.57. The lowest BCUT2D eigenvalue weighted by Gasteiger charge is -2.22. The van der Waals surface area contributed by atoms with Gasteiger partial charge in [0.15, 0.2) is 0 Å². The van der Waals surface area contributed by atoms with Crippen LogP contribution in [0.3, 0.4) is 0 Å². The van der Waals surface area contributed by atoms with Crippen molar-refractivity contribution < 1.29 is 22.0 Å². The molecule has 0 aliphatic rings. The van der Waals surface area contributed by atoms with Crippen LogP contribution in [-0.4, -0.2) is 27.1 Å². The molecule has 0 atom stereocenters. The van der Waals surface area contributed by atoms with E-state index in [4.69, 9.17) is 0 Å². The molecule has 1 amide bonds. The van der Waals surface area contributed by atoms with Crippen LogP contribution in [0.2, 0.25) is 0 Å². The molecule has 0 aliphatic carbocycles. The number of nitrogens with zero attached hydrogens (tertiary/aromatic N) is 1. The molecule has 0 aliphatic heterocycles. The van der Waals surface area contributed by atoms with Crippen molar-refractivity contribution in [1.29, 1.82) is 0 Å². The molecule has 0 saturated carbocycles. The lowest BCUT2D eigenvalue weighted by atomic mass is 10.0.